The third kappa shape index (κ3) is 3.51. The first-order valence-electron chi connectivity index (χ1n) is 4.53. The number of benzene rings is 1. The Labute approximate surface area is 102 Å². The first-order valence-corrected chi connectivity index (χ1v) is 6.80. The zero-order chi connectivity index (χ0) is 12.2. The van der Waals surface area contributed by atoms with E-state index < -0.39 is 15.8 Å². The van der Waals surface area contributed by atoms with Gasteiger partial charge in [0, 0.05) is 17.6 Å². The number of aliphatic hydroxyl groups is 1. The maximum Gasteiger partial charge on any atom is 0.241 e. The Kier molecular flexibility index (Phi) is 4.85. The monoisotopic (exact) mass is 311 g/mol. The van der Waals surface area contributed by atoms with Gasteiger partial charge in [-0.05, 0) is 40.5 Å². The lowest BCUT2D eigenvalue weighted by Crippen LogP contribution is -2.25. The summed E-state index contributed by atoms with van der Waals surface area (Å²) >= 11 is 2.98. The van der Waals surface area contributed by atoms with E-state index in [1.54, 1.807) is 0 Å². The second-order valence-corrected chi connectivity index (χ2v) is 5.64. The van der Waals surface area contributed by atoms with Gasteiger partial charge in [-0.1, -0.05) is 0 Å². The molecule has 1 rings (SSSR count). The minimum atomic E-state index is -3.65. The topological polar surface area (TPSA) is 66.4 Å². The van der Waals surface area contributed by atoms with E-state index in [1.807, 2.05) is 0 Å². The third-order valence-corrected chi connectivity index (χ3v) is 4.25. The molecule has 0 bridgehead atoms. The molecule has 0 heterocycles. The van der Waals surface area contributed by atoms with Crippen molar-refractivity contribution in [3.8, 4) is 0 Å². The van der Waals surface area contributed by atoms with E-state index >= 15 is 0 Å². The average molecular weight is 312 g/mol. The van der Waals surface area contributed by atoms with Gasteiger partial charge in [0.2, 0.25) is 10.0 Å². The molecule has 0 aliphatic rings. The van der Waals surface area contributed by atoms with Crippen LogP contribution in [0.15, 0.2) is 27.6 Å². The van der Waals surface area contributed by atoms with Crippen LogP contribution in [-0.2, 0) is 10.0 Å². The lowest BCUT2D eigenvalue weighted by molar-refractivity contribution is 0.289. The van der Waals surface area contributed by atoms with Crippen molar-refractivity contribution in [3.05, 3.63) is 28.5 Å². The SMILES string of the molecule is O=S(=O)(NCCCO)c1ccc(F)cc1Br. The highest BCUT2D eigenvalue weighted by Crippen LogP contribution is 2.22. The molecule has 16 heavy (non-hydrogen) atoms. The van der Waals surface area contributed by atoms with Crippen molar-refractivity contribution in [2.24, 2.45) is 0 Å². The minimum Gasteiger partial charge on any atom is -0.396 e. The molecule has 7 heteroatoms. The predicted molar refractivity (Wildman–Crippen MR) is 61.0 cm³/mol. The van der Waals surface area contributed by atoms with E-state index in [9.17, 15) is 12.8 Å². The van der Waals surface area contributed by atoms with Crippen molar-refractivity contribution in [1.82, 2.24) is 4.72 Å². The fourth-order valence-electron chi connectivity index (χ4n) is 1.06. The van der Waals surface area contributed by atoms with Crippen molar-refractivity contribution < 1.29 is 17.9 Å². The number of nitrogens with one attached hydrogen (secondary N) is 1. The summed E-state index contributed by atoms with van der Waals surface area (Å²) in [7, 11) is -3.65. The molecule has 0 saturated heterocycles. The van der Waals surface area contributed by atoms with E-state index in [4.69, 9.17) is 5.11 Å². The first-order chi connectivity index (χ1) is 7.47. The molecule has 0 aromatic heterocycles. The van der Waals surface area contributed by atoms with Crippen LogP contribution in [0, 0.1) is 5.82 Å². The molecular formula is C9H11BrFNO3S. The molecule has 0 fully saturated rings. The molecule has 0 amide bonds. The summed E-state index contributed by atoms with van der Waals surface area (Å²) in [5.41, 5.74) is 0. The summed E-state index contributed by atoms with van der Waals surface area (Å²) in [4.78, 5) is -0.0214. The molecule has 0 unspecified atom stereocenters. The van der Waals surface area contributed by atoms with Crippen LogP contribution in [0.5, 0.6) is 0 Å². The molecule has 2 N–H and O–H groups in total. The van der Waals surface area contributed by atoms with E-state index in [-0.39, 0.29) is 22.5 Å². The largest absolute Gasteiger partial charge is 0.396 e. The maximum absolute atomic E-state index is 12.8. The highest BCUT2D eigenvalue weighted by Gasteiger charge is 2.17. The molecule has 4 nitrogen and oxygen atoms in total. The molecule has 1 aromatic rings. The zero-order valence-electron chi connectivity index (χ0n) is 8.28. The van der Waals surface area contributed by atoms with Gasteiger partial charge in [0.25, 0.3) is 0 Å². The van der Waals surface area contributed by atoms with Crippen LogP contribution in [0.25, 0.3) is 0 Å². The van der Waals surface area contributed by atoms with E-state index in [0.29, 0.717) is 6.42 Å². The lowest BCUT2D eigenvalue weighted by Gasteiger charge is -2.07. The summed E-state index contributed by atoms with van der Waals surface area (Å²) in [6, 6.07) is 3.34. The number of halogens is 2. The molecular weight excluding hydrogens is 301 g/mol. The zero-order valence-corrected chi connectivity index (χ0v) is 10.7. The summed E-state index contributed by atoms with van der Waals surface area (Å²) in [6.45, 7) is 0.0513. The van der Waals surface area contributed by atoms with E-state index in [0.717, 1.165) is 12.1 Å². The maximum atomic E-state index is 12.8. The van der Waals surface area contributed by atoms with Gasteiger partial charge < -0.3 is 5.11 Å². The minimum absolute atomic E-state index is 0.0214. The second kappa shape index (κ2) is 5.72. The highest BCUT2D eigenvalue weighted by molar-refractivity contribution is 9.10. The molecule has 0 aliphatic heterocycles. The summed E-state index contributed by atoms with van der Waals surface area (Å²) in [6.07, 6.45) is 0.331. The Morgan fingerprint density at radius 2 is 2.12 bits per heavy atom. The van der Waals surface area contributed by atoms with Crippen molar-refractivity contribution in [1.29, 1.82) is 0 Å². The molecule has 0 radical (unpaired) electrons. The van der Waals surface area contributed by atoms with Gasteiger partial charge in [-0.15, -0.1) is 0 Å². The fourth-order valence-corrected chi connectivity index (χ4v) is 3.18. The van der Waals surface area contributed by atoms with Crippen LogP contribution in [0.2, 0.25) is 0 Å². The van der Waals surface area contributed by atoms with Crippen LogP contribution in [-0.4, -0.2) is 26.7 Å². The number of hydrogen-bond donors (Lipinski definition) is 2. The highest BCUT2D eigenvalue weighted by atomic mass is 79.9. The van der Waals surface area contributed by atoms with E-state index in [1.165, 1.54) is 6.07 Å². The van der Waals surface area contributed by atoms with E-state index in [2.05, 4.69) is 20.7 Å². The molecule has 0 spiro atoms. The number of hydrogen-bond acceptors (Lipinski definition) is 3. The lowest BCUT2D eigenvalue weighted by atomic mass is 10.3. The summed E-state index contributed by atoms with van der Waals surface area (Å²) in [5, 5.41) is 8.53. The van der Waals surface area contributed by atoms with Gasteiger partial charge >= 0.3 is 0 Å². The van der Waals surface area contributed by atoms with Crippen molar-refractivity contribution in [2.45, 2.75) is 11.3 Å². The van der Waals surface area contributed by atoms with Gasteiger partial charge in [-0.3, -0.25) is 0 Å². The molecule has 0 aliphatic carbocycles. The summed E-state index contributed by atoms with van der Waals surface area (Å²) in [5.74, 6) is -0.513. The third-order valence-electron chi connectivity index (χ3n) is 1.81. The van der Waals surface area contributed by atoms with Crippen LogP contribution in [0.4, 0.5) is 4.39 Å². The van der Waals surface area contributed by atoms with Crippen LogP contribution < -0.4 is 4.72 Å². The Morgan fingerprint density at radius 3 is 2.69 bits per heavy atom. The van der Waals surface area contributed by atoms with Crippen LogP contribution in [0.1, 0.15) is 6.42 Å². The van der Waals surface area contributed by atoms with Crippen molar-refractivity contribution in [3.63, 3.8) is 0 Å². The quantitative estimate of drug-likeness (QED) is 0.804. The standard InChI is InChI=1S/C9H11BrFNO3S/c10-8-6-7(11)2-3-9(8)16(14,15)12-4-1-5-13/h2-3,6,12-13H,1,4-5H2. The number of rotatable bonds is 5. The predicted octanol–water partition coefficient (Wildman–Crippen LogP) is 1.25. The Bertz CT molecular complexity index is 464. The van der Waals surface area contributed by atoms with Crippen LogP contribution >= 0.6 is 15.9 Å². The van der Waals surface area contributed by atoms with Gasteiger partial charge in [-0.25, -0.2) is 17.5 Å². The average Bonchev–Trinajstić information content (AvgIpc) is 2.17. The normalized spacial score (nSPS) is 11.7. The summed E-state index contributed by atoms with van der Waals surface area (Å²) < 4.78 is 38.6. The Morgan fingerprint density at radius 1 is 1.44 bits per heavy atom. The van der Waals surface area contributed by atoms with Gasteiger partial charge in [-0.2, -0.15) is 0 Å². The van der Waals surface area contributed by atoms with Crippen LogP contribution in [0.3, 0.4) is 0 Å². The second-order valence-electron chi connectivity index (χ2n) is 3.05. The Balaban J connectivity index is 2.90. The fraction of sp³-hybridized carbons (Fsp3) is 0.333. The smallest absolute Gasteiger partial charge is 0.241 e. The number of aliphatic hydroxyl groups excluding tert-OH is 1. The van der Waals surface area contributed by atoms with Crippen molar-refractivity contribution in [2.75, 3.05) is 13.2 Å². The molecule has 1 aromatic carbocycles. The number of sulfonamides is 1. The van der Waals surface area contributed by atoms with Gasteiger partial charge in [0.05, 0.1) is 4.90 Å². The molecule has 90 valence electrons. The molecule has 0 atom stereocenters. The van der Waals surface area contributed by atoms with Crippen molar-refractivity contribution >= 4 is 26.0 Å². The Hall–Kier alpha value is -0.500. The van der Waals surface area contributed by atoms with Gasteiger partial charge in [0.1, 0.15) is 5.82 Å². The first kappa shape index (κ1) is 13.6. The molecule has 0 saturated carbocycles. The van der Waals surface area contributed by atoms with Gasteiger partial charge in [0.15, 0.2) is 0 Å².